The fourth-order valence-corrected chi connectivity index (χ4v) is 4.71. The van der Waals surface area contributed by atoms with Crippen LogP contribution in [0, 0.1) is 0 Å². The summed E-state index contributed by atoms with van der Waals surface area (Å²) in [6.07, 6.45) is 10.6. The number of piperidine rings is 2. The second-order valence-corrected chi connectivity index (χ2v) is 8.77. The van der Waals surface area contributed by atoms with Gasteiger partial charge in [-0.1, -0.05) is 12.8 Å². The molecule has 2 saturated heterocycles. The van der Waals surface area contributed by atoms with Crippen molar-refractivity contribution in [1.82, 2.24) is 15.1 Å². The molecule has 0 atom stereocenters. The number of nitrogens with one attached hydrogen (secondary N) is 2. The molecule has 2 heterocycles. The molecule has 4 rings (SSSR count). The molecule has 3 fully saturated rings. The number of carbonyl (C=O) groups is 1. The summed E-state index contributed by atoms with van der Waals surface area (Å²) < 4.78 is 6.10. The summed E-state index contributed by atoms with van der Waals surface area (Å²) in [5.74, 6) is 0.892. The average molecular weight is 401 g/mol. The van der Waals surface area contributed by atoms with E-state index in [1.54, 1.807) is 0 Å². The van der Waals surface area contributed by atoms with Crippen molar-refractivity contribution >= 4 is 11.7 Å². The van der Waals surface area contributed by atoms with Crippen LogP contribution < -0.4 is 15.4 Å². The molecule has 2 amide bonds. The van der Waals surface area contributed by atoms with Crippen LogP contribution >= 0.6 is 0 Å². The van der Waals surface area contributed by atoms with Crippen LogP contribution in [0.2, 0.25) is 0 Å². The maximum atomic E-state index is 12.1. The topological polar surface area (TPSA) is 56.8 Å². The van der Waals surface area contributed by atoms with Gasteiger partial charge in [0.1, 0.15) is 11.9 Å². The number of rotatable bonds is 7. The van der Waals surface area contributed by atoms with Gasteiger partial charge in [0, 0.05) is 37.7 Å². The zero-order valence-electron chi connectivity index (χ0n) is 17.6. The van der Waals surface area contributed by atoms with Crippen molar-refractivity contribution in [1.29, 1.82) is 0 Å². The molecule has 1 saturated carbocycles. The molecule has 6 heteroatoms. The smallest absolute Gasteiger partial charge is 0.319 e. The third kappa shape index (κ3) is 6.09. The van der Waals surface area contributed by atoms with Crippen LogP contribution in [0.5, 0.6) is 5.75 Å². The van der Waals surface area contributed by atoms with E-state index in [0.29, 0.717) is 12.6 Å². The highest BCUT2D eigenvalue weighted by Gasteiger charge is 2.35. The summed E-state index contributed by atoms with van der Waals surface area (Å²) in [5, 5.41) is 5.86. The first kappa shape index (κ1) is 20.5. The average Bonchev–Trinajstić information content (AvgIpc) is 2.73. The van der Waals surface area contributed by atoms with E-state index in [1.165, 1.54) is 51.6 Å². The van der Waals surface area contributed by atoms with Crippen molar-refractivity contribution in [2.24, 2.45) is 0 Å². The highest BCUT2D eigenvalue weighted by Crippen LogP contribution is 2.31. The van der Waals surface area contributed by atoms with Gasteiger partial charge in [-0.05, 0) is 76.1 Å². The fourth-order valence-electron chi connectivity index (χ4n) is 4.71. The Kier molecular flexibility index (Phi) is 7.28. The summed E-state index contributed by atoms with van der Waals surface area (Å²) in [7, 11) is 0. The maximum Gasteiger partial charge on any atom is 0.319 e. The minimum absolute atomic E-state index is 0.140. The van der Waals surface area contributed by atoms with Gasteiger partial charge in [-0.25, -0.2) is 4.79 Å². The SMILES string of the molecule is O=C(NCCN1CCCCC1)Nc1ccc(OC2CC(N3CCCCC3)C2)cc1. The lowest BCUT2D eigenvalue weighted by Gasteiger charge is -2.44. The Balaban J connectivity index is 1.12. The van der Waals surface area contributed by atoms with Crippen LogP contribution in [-0.4, -0.2) is 67.2 Å². The number of likely N-dealkylation sites (tertiary alicyclic amines) is 2. The first-order valence-corrected chi connectivity index (χ1v) is 11.5. The van der Waals surface area contributed by atoms with Gasteiger partial charge in [-0.2, -0.15) is 0 Å². The molecule has 0 aromatic heterocycles. The van der Waals surface area contributed by atoms with Gasteiger partial charge in [0.25, 0.3) is 0 Å². The number of hydrogen-bond donors (Lipinski definition) is 2. The summed E-state index contributed by atoms with van der Waals surface area (Å²) in [6.45, 7) is 6.46. The van der Waals surface area contributed by atoms with Crippen molar-refractivity contribution in [3.63, 3.8) is 0 Å². The molecule has 0 radical (unpaired) electrons. The van der Waals surface area contributed by atoms with Gasteiger partial charge < -0.3 is 25.2 Å². The van der Waals surface area contributed by atoms with E-state index in [2.05, 4.69) is 20.4 Å². The molecule has 0 unspecified atom stereocenters. The van der Waals surface area contributed by atoms with Crippen molar-refractivity contribution in [2.45, 2.75) is 63.5 Å². The number of benzene rings is 1. The monoisotopic (exact) mass is 400 g/mol. The van der Waals surface area contributed by atoms with E-state index in [0.717, 1.165) is 50.0 Å². The van der Waals surface area contributed by atoms with E-state index in [-0.39, 0.29) is 6.03 Å². The van der Waals surface area contributed by atoms with Crippen LogP contribution in [0.3, 0.4) is 0 Å². The fraction of sp³-hybridized carbons (Fsp3) is 0.696. The number of amides is 2. The van der Waals surface area contributed by atoms with Gasteiger partial charge in [0.05, 0.1) is 0 Å². The first-order valence-electron chi connectivity index (χ1n) is 11.5. The Bertz CT molecular complexity index is 633. The van der Waals surface area contributed by atoms with Gasteiger partial charge in [-0.3, -0.25) is 0 Å². The van der Waals surface area contributed by atoms with Crippen LogP contribution in [0.25, 0.3) is 0 Å². The lowest BCUT2D eigenvalue weighted by molar-refractivity contribution is 0.00893. The van der Waals surface area contributed by atoms with E-state index in [4.69, 9.17) is 4.74 Å². The molecule has 2 aliphatic heterocycles. The van der Waals surface area contributed by atoms with E-state index >= 15 is 0 Å². The van der Waals surface area contributed by atoms with E-state index in [1.807, 2.05) is 24.3 Å². The van der Waals surface area contributed by atoms with E-state index < -0.39 is 0 Å². The highest BCUT2D eigenvalue weighted by atomic mass is 16.5. The summed E-state index contributed by atoms with van der Waals surface area (Å²) in [4.78, 5) is 17.1. The number of hydrogen-bond acceptors (Lipinski definition) is 4. The molecule has 1 aromatic carbocycles. The minimum atomic E-state index is -0.140. The van der Waals surface area contributed by atoms with Gasteiger partial charge in [-0.15, -0.1) is 0 Å². The Morgan fingerprint density at radius 3 is 2.28 bits per heavy atom. The standard InChI is InChI=1S/C23H36N4O2/c28-23(24-11-16-26-12-3-1-4-13-26)25-19-7-9-21(10-8-19)29-22-17-20(18-22)27-14-5-2-6-15-27/h7-10,20,22H,1-6,11-18H2,(H2,24,25,28). The maximum absolute atomic E-state index is 12.1. The second kappa shape index (κ2) is 10.3. The first-order chi connectivity index (χ1) is 14.3. The van der Waals surface area contributed by atoms with Crippen molar-refractivity contribution in [2.75, 3.05) is 44.6 Å². The quantitative estimate of drug-likeness (QED) is 0.733. The second-order valence-electron chi connectivity index (χ2n) is 8.77. The Labute approximate surface area is 175 Å². The molecule has 6 nitrogen and oxygen atoms in total. The molecule has 3 aliphatic rings. The van der Waals surface area contributed by atoms with Crippen LogP contribution in [-0.2, 0) is 0 Å². The molecular formula is C23H36N4O2. The molecule has 1 aromatic rings. The molecule has 0 bridgehead atoms. The molecule has 160 valence electrons. The van der Waals surface area contributed by atoms with Crippen molar-refractivity contribution in [3.05, 3.63) is 24.3 Å². The summed E-state index contributed by atoms with van der Waals surface area (Å²) in [6, 6.07) is 8.32. The molecule has 2 N–H and O–H groups in total. The molecule has 29 heavy (non-hydrogen) atoms. The Morgan fingerprint density at radius 1 is 0.931 bits per heavy atom. The number of anilines is 1. The number of nitrogens with zero attached hydrogens (tertiary/aromatic N) is 2. The van der Waals surface area contributed by atoms with Crippen molar-refractivity contribution in [3.8, 4) is 5.75 Å². The van der Waals surface area contributed by atoms with Gasteiger partial charge >= 0.3 is 6.03 Å². The zero-order chi connectivity index (χ0) is 19.9. The predicted octanol–water partition coefficient (Wildman–Crippen LogP) is 3.69. The van der Waals surface area contributed by atoms with Gasteiger partial charge in [0.2, 0.25) is 0 Å². The summed E-state index contributed by atoms with van der Waals surface area (Å²) >= 11 is 0. The number of carbonyl (C=O) groups excluding carboxylic acids is 1. The summed E-state index contributed by atoms with van der Waals surface area (Å²) in [5.41, 5.74) is 0.799. The highest BCUT2D eigenvalue weighted by molar-refractivity contribution is 5.89. The van der Waals surface area contributed by atoms with Crippen LogP contribution in [0.4, 0.5) is 10.5 Å². The van der Waals surface area contributed by atoms with Gasteiger partial charge in [0.15, 0.2) is 0 Å². The third-order valence-corrected chi connectivity index (χ3v) is 6.55. The third-order valence-electron chi connectivity index (χ3n) is 6.55. The number of ether oxygens (including phenoxy) is 1. The molecular weight excluding hydrogens is 364 g/mol. The predicted molar refractivity (Wildman–Crippen MR) is 117 cm³/mol. The van der Waals surface area contributed by atoms with Crippen LogP contribution in [0.1, 0.15) is 51.4 Å². The van der Waals surface area contributed by atoms with Crippen molar-refractivity contribution < 1.29 is 9.53 Å². The van der Waals surface area contributed by atoms with Crippen LogP contribution in [0.15, 0.2) is 24.3 Å². The normalized spacial score (nSPS) is 25.8. The lowest BCUT2D eigenvalue weighted by Crippen LogP contribution is -2.50. The zero-order valence-corrected chi connectivity index (χ0v) is 17.6. The lowest BCUT2D eigenvalue weighted by atomic mass is 9.86. The Hall–Kier alpha value is -1.79. The number of urea groups is 1. The Morgan fingerprint density at radius 2 is 1.59 bits per heavy atom. The molecule has 1 aliphatic carbocycles. The minimum Gasteiger partial charge on any atom is -0.490 e. The van der Waals surface area contributed by atoms with E-state index in [9.17, 15) is 4.79 Å². The molecule has 0 spiro atoms. The largest absolute Gasteiger partial charge is 0.490 e.